The number of ether oxygens (including phenoxy) is 1. The predicted molar refractivity (Wildman–Crippen MR) is 91.6 cm³/mol. The predicted octanol–water partition coefficient (Wildman–Crippen LogP) is 4.34. The van der Waals surface area contributed by atoms with Crippen LogP contribution in [0.5, 0.6) is 0 Å². The fourth-order valence-electron chi connectivity index (χ4n) is 1.77. The van der Waals surface area contributed by atoms with Crippen molar-refractivity contribution in [2.75, 3.05) is 20.1 Å². The Morgan fingerprint density at radius 3 is 2.64 bits per heavy atom. The number of halogens is 2. The molecule has 0 aliphatic rings. The highest BCUT2D eigenvalue weighted by Crippen LogP contribution is 2.20. The van der Waals surface area contributed by atoms with E-state index in [4.69, 9.17) is 27.9 Å². The topological polar surface area (TPSA) is 41.6 Å². The molecule has 0 saturated carbocycles. The minimum atomic E-state index is -0.465. The fraction of sp³-hybridized carbons (Fsp3) is 0.562. The van der Waals surface area contributed by atoms with Crippen LogP contribution in [0.15, 0.2) is 18.2 Å². The molecular formula is C16H24Cl2N2O2. The number of hydrogen-bond donors (Lipinski definition) is 1. The summed E-state index contributed by atoms with van der Waals surface area (Å²) in [5.74, 6) is 0. The molecule has 1 aromatic carbocycles. The van der Waals surface area contributed by atoms with Crippen molar-refractivity contribution in [3.8, 4) is 0 Å². The molecule has 1 amide bonds. The van der Waals surface area contributed by atoms with Crippen molar-refractivity contribution in [2.45, 2.75) is 39.3 Å². The van der Waals surface area contributed by atoms with Gasteiger partial charge in [0.2, 0.25) is 0 Å². The number of nitrogens with one attached hydrogen (secondary N) is 1. The van der Waals surface area contributed by atoms with E-state index < -0.39 is 5.60 Å². The summed E-state index contributed by atoms with van der Waals surface area (Å²) in [4.78, 5) is 13.4. The molecule has 0 aliphatic heterocycles. The van der Waals surface area contributed by atoms with Crippen LogP contribution in [0.1, 0.15) is 32.8 Å². The summed E-state index contributed by atoms with van der Waals surface area (Å²) >= 11 is 12.0. The van der Waals surface area contributed by atoms with Crippen molar-refractivity contribution in [1.29, 1.82) is 0 Å². The first-order valence-electron chi connectivity index (χ1n) is 7.28. The summed E-state index contributed by atoms with van der Waals surface area (Å²) in [5, 5.41) is 4.66. The van der Waals surface area contributed by atoms with Crippen molar-refractivity contribution in [3.05, 3.63) is 33.8 Å². The molecule has 4 nitrogen and oxygen atoms in total. The molecule has 0 radical (unpaired) electrons. The zero-order chi connectivity index (χ0) is 16.8. The third kappa shape index (κ3) is 7.34. The number of rotatable bonds is 6. The van der Waals surface area contributed by atoms with E-state index in [1.165, 1.54) is 0 Å². The highest BCUT2D eigenvalue weighted by Gasteiger charge is 2.18. The summed E-state index contributed by atoms with van der Waals surface area (Å²) in [6.07, 6.45) is 0.527. The summed E-state index contributed by atoms with van der Waals surface area (Å²) in [5.41, 5.74) is 0.502. The quantitative estimate of drug-likeness (QED) is 0.779. The van der Waals surface area contributed by atoms with Crippen LogP contribution in [0.25, 0.3) is 0 Å². The molecule has 1 N–H and O–H groups in total. The van der Waals surface area contributed by atoms with E-state index in [0.29, 0.717) is 23.1 Å². The SMILES string of the molecule is CN(CCCNCc1cc(Cl)ccc1Cl)C(=O)OC(C)(C)C. The van der Waals surface area contributed by atoms with E-state index in [-0.39, 0.29) is 6.09 Å². The van der Waals surface area contributed by atoms with Gasteiger partial charge in [-0.15, -0.1) is 0 Å². The van der Waals surface area contributed by atoms with E-state index in [9.17, 15) is 4.79 Å². The molecule has 0 fully saturated rings. The highest BCUT2D eigenvalue weighted by molar-refractivity contribution is 6.33. The van der Waals surface area contributed by atoms with Gasteiger partial charge in [0.15, 0.2) is 0 Å². The Morgan fingerprint density at radius 2 is 2.00 bits per heavy atom. The van der Waals surface area contributed by atoms with Gasteiger partial charge in [-0.1, -0.05) is 23.2 Å². The first-order chi connectivity index (χ1) is 10.2. The average molecular weight is 347 g/mol. The number of hydrogen-bond acceptors (Lipinski definition) is 3. The lowest BCUT2D eigenvalue weighted by Crippen LogP contribution is -2.35. The van der Waals surface area contributed by atoms with E-state index in [2.05, 4.69) is 5.32 Å². The van der Waals surface area contributed by atoms with Crippen molar-refractivity contribution >= 4 is 29.3 Å². The second kappa shape index (κ2) is 8.61. The maximum absolute atomic E-state index is 11.8. The van der Waals surface area contributed by atoms with Crippen LogP contribution in [-0.2, 0) is 11.3 Å². The number of benzene rings is 1. The maximum atomic E-state index is 11.8. The van der Waals surface area contributed by atoms with Crippen molar-refractivity contribution in [3.63, 3.8) is 0 Å². The van der Waals surface area contributed by atoms with Gasteiger partial charge in [0, 0.05) is 30.2 Å². The maximum Gasteiger partial charge on any atom is 0.410 e. The Bertz CT molecular complexity index is 501. The first-order valence-corrected chi connectivity index (χ1v) is 8.03. The van der Waals surface area contributed by atoms with Crippen molar-refractivity contribution in [1.82, 2.24) is 10.2 Å². The van der Waals surface area contributed by atoms with Crippen LogP contribution in [0.3, 0.4) is 0 Å². The molecule has 0 aliphatic carbocycles. The largest absolute Gasteiger partial charge is 0.444 e. The highest BCUT2D eigenvalue weighted by atomic mass is 35.5. The van der Waals surface area contributed by atoms with Crippen LogP contribution >= 0.6 is 23.2 Å². The average Bonchev–Trinajstić information content (AvgIpc) is 2.40. The number of carbonyl (C=O) groups is 1. The van der Waals surface area contributed by atoms with Gasteiger partial charge < -0.3 is 15.0 Å². The second-order valence-corrected chi connectivity index (χ2v) is 7.01. The van der Waals surface area contributed by atoms with E-state index in [0.717, 1.165) is 18.5 Å². The third-order valence-corrected chi connectivity index (χ3v) is 3.48. The fourth-order valence-corrected chi connectivity index (χ4v) is 2.15. The van der Waals surface area contributed by atoms with Gasteiger partial charge in [-0.25, -0.2) is 4.79 Å². The molecule has 22 heavy (non-hydrogen) atoms. The van der Waals surface area contributed by atoms with Crippen LogP contribution in [-0.4, -0.2) is 36.7 Å². The lowest BCUT2D eigenvalue weighted by Gasteiger charge is -2.24. The van der Waals surface area contributed by atoms with E-state index >= 15 is 0 Å². The van der Waals surface area contributed by atoms with E-state index in [1.54, 1.807) is 24.1 Å². The molecule has 0 heterocycles. The van der Waals surface area contributed by atoms with Crippen LogP contribution in [0.4, 0.5) is 4.79 Å². The molecule has 0 saturated heterocycles. The summed E-state index contributed by atoms with van der Waals surface area (Å²) in [6, 6.07) is 5.41. The van der Waals surface area contributed by atoms with Crippen molar-refractivity contribution in [2.24, 2.45) is 0 Å². The molecule has 0 spiro atoms. The molecule has 0 bridgehead atoms. The lowest BCUT2D eigenvalue weighted by molar-refractivity contribution is 0.0297. The first kappa shape index (κ1) is 19.1. The summed E-state index contributed by atoms with van der Waals surface area (Å²) in [7, 11) is 1.74. The van der Waals surface area contributed by atoms with E-state index in [1.807, 2.05) is 26.8 Å². The Hall–Kier alpha value is -0.970. The van der Waals surface area contributed by atoms with Gasteiger partial charge in [-0.05, 0) is 57.5 Å². The molecule has 124 valence electrons. The van der Waals surface area contributed by atoms with Gasteiger partial charge in [0.05, 0.1) is 0 Å². The Labute approximate surface area is 142 Å². The second-order valence-electron chi connectivity index (χ2n) is 6.17. The Morgan fingerprint density at radius 1 is 1.32 bits per heavy atom. The normalized spacial score (nSPS) is 11.4. The molecule has 0 atom stereocenters. The van der Waals surface area contributed by atoms with Gasteiger partial charge in [0.25, 0.3) is 0 Å². The van der Waals surface area contributed by atoms with Gasteiger partial charge in [-0.3, -0.25) is 0 Å². The smallest absolute Gasteiger partial charge is 0.410 e. The zero-order valence-electron chi connectivity index (χ0n) is 13.6. The molecule has 6 heteroatoms. The number of carbonyl (C=O) groups excluding carboxylic acids is 1. The van der Waals surface area contributed by atoms with Gasteiger partial charge >= 0.3 is 6.09 Å². The van der Waals surface area contributed by atoms with Gasteiger partial charge in [0.1, 0.15) is 5.60 Å². The zero-order valence-corrected chi connectivity index (χ0v) is 15.1. The minimum Gasteiger partial charge on any atom is -0.444 e. The number of amides is 1. The van der Waals surface area contributed by atoms with Gasteiger partial charge in [-0.2, -0.15) is 0 Å². The molecule has 0 aromatic heterocycles. The summed E-state index contributed by atoms with van der Waals surface area (Å²) < 4.78 is 5.29. The molecular weight excluding hydrogens is 323 g/mol. The van der Waals surface area contributed by atoms with Crippen LogP contribution < -0.4 is 5.32 Å². The minimum absolute atomic E-state index is 0.301. The standard InChI is InChI=1S/C16H24Cl2N2O2/c1-16(2,3)22-15(21)20(4)9-5-8-19-11-12-10-13(17)6-7-14(12)18/h6-7,10,19H,5,8-9,11H2,1-4H3. The van der Waals surface area contributed by atoms with Crippen LogP contribution in [0.2, 0.25) is 10.0 Å². The molecule has 0 unspecified atom stereocenters. The Balaban J connectivity index is 2.25. The summed E-state index contributed by atoms with van der Waals surface area (Å²) in [6.45, 7) is 7.62. The van der Waals surface area contributed by atoms with Crippen LogP contribution in [0, 0.1) is 0 Å². The number of nitrogens with zero attached hydrogens (tertiary/aromatic N) is 1. The monoisotopic (exact) mass is 346 g/mol. The van der Waals surface area contributed by atoms with Crippen molar-refractivity contribution < 1.29 is 9.53 Å². The lowest BCUT2D eigenvalue weighted by atomic mass is 10.2. The third-order valence-electron chi connectivity index (χ3n) is 2.88. The molecule has 1 aromatic rings. The molecule has 1 rings (SSSR count). The Kier molecular flexibility index (Phi) is 7.46.